The van der Waals surface area contributed by atoms with E-state index in [-0.39, 0.29) is 18.1 Å². The van der Waals surface area contributed by atoms with Crippen molar-refractivity contribution < 1.29 is 9.53 Å². The predicted octanol–water partition coefficient (Wildman–Crippen LogP) is 2.69. The minimum atomic E-state index is -0.0143. The minimum Gasteiger partial charge on any atom is -0.369 e. The van der Waals surface area contributed by atoms with Crippen molar-refractivity contribution in [1.82, 2.24) is 15.1 Å². The standard InChI is InChI=1S/C16H25N3O2/c1-5-16(6-2)8-19(9-16)15(20)14-12-7-10(3)21-11(4)13(12)17-18-14/h10-11H,5-9H2,1-4H3,(H,17,18)/t10-,11+/m0/s1. The van der Waals surface area contributed by atoms with Crippen molar-refractivity contribution in [3.05, 3.63) is 17.0 Å². The number of hydrogen-bond acceptors (Lipinski definition) is 3. The molecule has 0 bridgehead atoms. The summed E-state index contributed by atoms with van der Waals surface area (Å²) < 4.78 is 5.78. The summed E-state index contributed by atoms with van der Waals surface area (Å²) in [7, 11) is 0. The highest BCUT2D eigenvalue weighted by Gasteiger charge is 2.44. The van der Waals surface area contributed by atoms with Gasteiger partial charge in [-0.3, -0.25) is 9.89 Å². The highest BCUT2D eigenvalue weighted by atomic mass is 16.5. The number of H-pyrrole nitrogens is 1. The van der Waals surface area contributed by atoms with Crippen molar-refractivity contribution in [3.63, 3.8) is 0 Å². The Kier molecular flexibility index (Phi) is 3.56. The molecule has 1 saturated heterocycles. The number of nitrogens with zero attached hydrogens (tertiary/aromatic N) is 2. The zero-order valence-corrected chi connectivity index (χ0v) is 13.4. The smallest absolute Gasteiger partial charge is 0.274 e. The van der Waals surface area contributed by atoms with Gasteiger partial charge in [0.05, 0.1) is 17.9 Å². The Labute approximate surface area is 126 Å². The van der Waals surface area contributed by atoms with E-state index < -0.39 is 0 Å². The second kappa shape index (κ2) is 5.13. The summed E-state index contributed by atoms with van der Waals surface area (Å²) in [4.78, 5) is 14.6. The van der Waals surface area contributed by atoms with Crippen LogP contribution >= 0.6 is 0 Å². The summed E-state index contributed by atoms with van der Waals surface area (Å²) >= 11 is 0. The zero-order chi connectivity index (χ0) is 15.2. The average molecular weight is 291 g/mol. The minimum absolute atomic E-state index is 0.0143. The molecule has 1 aromatic heterocycles. The van der Waals surface area contributed by atoms with E-state index in [1.807, 2.05) is 18.7 Å². The van der Waals surface area contributed by atoms with Crippen molar-refractivity contribution in [2.75, 3.05) is 13.1 Å². The lowest BCUT2D eigenvalue weighted by molar-refractivity contribution is -0.00800. The molecule has 21 heavy (non-hydrogen) atoms. The molecule has 1 aromatic rings. The summed E-state index contributed by atoms with van der Waals surface area (Å²) in [5.74, 6) is 0.0753. The first-order chi connectivity index (χ1) is 9.99. The van der Waals surface area contributed by atoms with E-state index in [4.69, 9.17) is 4.74 Å². The van der Waals surface area contributed by atoms with E-state index >= 15 is 0 Å². The monoisotopic (exact) mass is 291 g/mol. The van der Waals surface area contributed by atoms with Gasteiger partial charge in [0.15, 0.2) is 5.69 Å². The molecule has 1 N–H and O–H groups in total. The number of nitrogens with one attached hydrogen (secondary N) is 1. The highest BCUT2D eigenvalue weighted by Crippen LogP contribution is 2.38. The van der Waals surface area contributed by atoms with E-state index in [1.165, 1.54) is 0 Å². The molecule has 0 radical (unpaired) electrons. The number of carbonyl (C=O) groups excluding carboxylic acids is 1. The van der Waals surface area contributed by atoms with Gasteiger partial charge in [0, 0.05) is 30.5 Å². The fourth-order valence-electron chi connectivity index (χ4n) is 3.60. The zero-order valence-electron chi connectivity index (χ0n) is 13.4. The number of amides is 1. The number of carbonyl (C=O) groups is 1. The molecule has 2 atom stereocenters. The number of rotatable bonds is 3. The lowest BCUT2D eigenvalue weighted by Crippen LogP contribution is -2.58. The Balaban J connectivity index is 1.79. The fraction of sp³-hybridized carbons (Fsp3) is 0.750. The number of fused-ring (bicyclic) bond motifs is 1. The van der Waals surface area contributed by atoms with Gasteiger partial charge in [-0.15, -0.1) is 0 Å². The van der Waals surface area contributed by atoms with Crippen molar-refractivity contribution in [2.24, 2.45) is 5.41 Å². The van der Waals surface area contributed by atoms with E-state index in [0.717, 1.165) is 43.6 Å². The van der Waals surface area contributed by atoms with Gasteiger partial charge >= 0.3 is 0 Å². The molecule has 0 saturated carbocycles. The summed E-state index contributed by atoms with van der Waals surface area (Å²) in [6, 6.07) is 0. The summed E-state index contributed by atoms with van der Waals surface area (Å²) in [6.45, 7) is 10.2. The molecular weight excluding hydrogens is 266 g/mol. The van der Waals surface area contributed by atoms with Crippen molar-refractivity contribution in [2.45, 2.75) is 59.2 Å². The first kappa shape index (κ1) is 14.6. The quantitative estimate of drug-likeness (QED) is 0.931. The van der Waals surface area contributed by atoms with Crippen LogP contribution in [0.5, 0.6) is 0 Å². The van der Waals surface area contributed by atoms with E-state index in [0.29, 0.717) is 11.1 Å². The van der Waals surface area contributed by atoms with Crippen LogP contribution in [0.4, 0.5) is 0 Å². The normalized spacial score (nSPS) is 27.1. The van der Waals surface area contributed by atoms with Crippen molar-refractivity contribution in [3.8, 4) is 0 Å². The molecule has 2 aliphatic heterocycles. The maximum absolute atomic E-state index is 12.7. The van der Waals surface area contributed by atoms with Crippen LogP contribution in [-0.4, -0.2) is 40.2 Å². The molecule has 0 spiro atoms. The van der Waals surface area contributed by atoms with Crippen molar-refractivity contribution >= 4 is 5.91 Å². The van der Waals surface area contributed by atoms with Crippen molar-refractivity contribution in [1.29, 1.82) is 0 Å². The Morgan fingerprint density at radius 1 is 1.38 bits per heavy atom. The van der Waals surface area contributed by atoms with E-state index in [1.54, 1.807) is 0 Å². The van der Waals surface area contributed by atoms with Crippen LogP contribution in [0.15, 0.2) is 0 Å². The van der Waals surface area contributed by atoms with Crippen LogP contribution < -0.4 is 0 Å². The molecule has 1 fully saturated rings. The average Bonchev–Trinajstić information content (AvgIpc) is 2.82. The summed E-state index contributed by atoms with van der Waals surface area (Å²) in [6.07, 6.45) is 3.15. The third-order valence-electron chi connectivity index (χ3n) is 5.28. The number of aromatic amines is 1. The molecule has 3 rings (SSSR count). The number of likely N-dealkylation sites (tertiary alicyclic amines) is 1. The molecule has 1 amide bonds. The molecule has 0 aliphatic carbocycles. The first-order valence-electron chi connectivity index (χ1n) is 8.01. The lowest BCUT2D eigenvalue weighted by Gasteiger charge is -2.49. The first-order valence-corrected chi connectivity index (χ1v) is 8.01. The Hall–Kier alpha value is -1.36. The van der Waals surface area contributed by atoms with Crippen LogP contribution in [0.25, 0.3) is 0 Å². The maximum Gasteiger partial charge on any atom is 0.274 e. The van der Waals surface area contributed by atoms with Crippen LogP contribution in [0.3, 0.4) is 0 Å². The lowest BCUT2D eigenvalue weighted by atomic mass is 9.75. The van der Waals surface area contributed by atoms with Crippen LogP contribution in [0.1, 0.15) is 68.4 Å². The van der Waals surface area contributed by atoms with Gasteiger partial charge in [-0.25, -0.2) is 0 Å². The van der Waals surface area contributed by atoms with Gasteiger partial charge in [0.25, 0.3) is 5.91 Å². The SMILES string of the molecule is CCC1(CC)CN(C(=O)c2n[nH]c3c2C[C@H](C)O[C@@H]3C)C1. The number of aromatic nitrogens is 2. The second-order valence-corrected chi connectivity index (χ2v) is 6.63. The highest BCUT2D eigenvalue weighted by molar-refractivity contribution is 5.94. The maximum atomic E-state index is 12.7. The van der Waals surface area contributed by atoms with Crippen LogP contribution in [0.2, 0.25) is 0 Å². The molecule has 5 nitrogen and oxygen atoms in total. The van der Waals surface area contributed by atoms with Gasteiger partial charge in [0.2, 0.25) is 0 Å². The van der Waals surface area contributed by atoms with Gasteiger partial charge in [0.1, 0.15) is 0 Å². The third kappa shape index (κ3) is 2.27. The van der Waals surface area contributed by atoms with Gasteiger partial charge < -0.3 is 9.64 Å². The molecule has 0 unspecified atom stereocenters. The van der Waals surface area contributed by atoms with Gasteiger partial charge in [-0.1, -0.05) is 13.8 Å². The van der Waals surface area contributed by atoms with Crippen LogP contribution in [0, 0.1) is 5.41 Å². The Morgan fingerprint density at radius 2 is 2.05 bits per heavy atom. The van der Waals surface area contributed by atoms with Gasteiger partial charge in [-0.2, -0.15) is 5.10 Å². The van der Waals surface area contributed by atoms with E-state index in [9.17, 15) is 4.79 Å². The predicted molar refractivity (Wildman–Crippen MR) is 80.2 cm³/mol. The largest absolute Gasteiger partial charge is 0.369 e. The molecule has 0 aromatic carbocycles. The summed E-state index contributed by atoms with van der Waals surface area (Å²) in [5, 5.41) is 7.30. The summed E-state index contributed by atoms with van der Waals surface area (Å²) in [5.41, 5.74) is 2.95. The second-order valence-electron chi connectivity index (χ2n) is 6.63. The van der Waals surface area contributed by atoms with E-state index in [2.05, 4.69) is 24.0 Å². The third-order valence-corrected chi connectivity index (χ3v) is 5.28. The molecule has 116 valence electrons. The Morgan fingerprint density at radius 3 is 2.67 bits per heavy atom. The number of hydrogen-bond donors (Lipinski definition) is 1. The van der Waals surface area contributed by atoms with Crippen LogP contribution in [-0.2, 0) is 11.2 Å². The molecule has 5 heteroatoms. The molecule has 2 aliphatic rings. The molecular formula is C16H25N3O2. The Bertz CT molecular complexity index is 540. The number of ether oxygens (including phenoxy) is 1. The molecule has 3 heterocycles. The fourth-order valence-corrected chi connectivity index (χ4v) is 3.60. The van der Waals surface area contributed by atoms with Gasteiger partial charge in [-0.05, 0) is 26.7 Å². The topological polar surface area (TPSA) is 58.2 Å².